The number of rotatable bonds is 9. The molecule has 0 unspecified atom stereocenters. The van der Waals surface area contributed by atoms with Gasteiger partial charge in [0.25, 0.3) is 5.91 Å². The van der Waals surface area contributed by atoms with Crippen LogP contribution in [0.2, 0.25) is 0 Å². The monoisotopic (exact) mass is 470 g/mol. The van der Waals surface area contributed by atoms with E-state index in [0.717, 1.165) is 56.2 Å². The van der Waals surface area contributed by atoms with E-state index in [2.05, 4.69) is 16.8 Å². The zero-order valence-electron chi connectivity index (χ0n) is 19.3. The number of ether oxygens (including phenoxy) is 2. The largest absolute Gasteiger partial charge is 0.497 e. The van der Waals surface area contributed by atoms with Crippen LogP contribution in [0.25, 0.3) is 11.3 Å². The molecule has 2 aromatic heterocycles. The number of anilines is 1. The van der Waals surface area contributed by atoms with Gasteiger partial charge < -0.3 is 23.7 Å². The van der Waals surface area contributed by atoms with Crippen molar-refractivity contribution in [2.45, 2.75) is 6.42 Å². The van der Waals surface area contributed by atoms with Crippen LogP contribution in [-0.4, -0.2) is 81.2 Å². The molecule has 0 atom stereocenters. The number of carbonyl (C=O) groups is 1. The Morgan fingerprint density at radius 1 is 1.18 bits per heavy atom. The van der Waals surface area contributed by atoms with E-state index in [0.29, 0.717) is 23.2 Å². The Bertz CT molecular complexity index is 1040. The lowest BCUT2D eigenvalue weighted by atomic mass is 10.1. The van der Waals surface area contributed by atoms with Crippen LogP contribution in [0.4, 0.5) is 5.13 Å². The molecule has 33 heavy (non-hydrogen) atoms. The highest BCUT2D eigenvalue weighted by Gasteiger charge is 2.24. The fourth-order valence-electron chi connectivity index (χ4n) is 3.87. The molecule has 0 saturated carbocycles. The number of carbonyl (C=O) groups excluding carboxylic acids is 1. The fraction of sp³-hybridized carbons (Fsp3) is 0.417. The Morgan fingerprint density at radius 3 is 2.70 bits per heavy atom. The van der Waals surface area contributed by atoms with Crippen molar-refractivity contribution in [1.29, 1.82) is 0 Å². The van der Waals surface area contributed by atoms with E-state index in [1.54, 1.807) is 31.3 Å². The number of hydrogen-bond acceptors (Lipinski definition) is 8. The van der Waals surface area contributed by atoms with E-state index >= 15 is 0 Å². The summed E-state index contributed by atoms with van der Waals surface area (Å²) in [7, 11) is 5.41. The van der Waals surface area contributed by atoms with Gasteiger partial charge in [-0.05, 0) is 50.3 Å². The summed E-state index contributed by atoms with van der Waals surface area (Å²) in [5, 5.41) is 2.57. The first-order chi connectivity index (χ1) is 16.1. The van der Waals surface area contributed by atoms with Gasteiger partial charge in [-0.2, -0.15) is 0 Å². The number of likely N-dealkylation sites (N-methyl/N-ethyl adjacent to an activating group) is 1. The number of benzene rings is 1. The van der Waals surface area contributed by atoms with Gasteiger partial charge >= 0.3 is 0 Å². The third-order valence-electron chi connectivity index (χ3n) is 5.83. The highest BCUT2D eigenvalue weighted by Crippen LogP contribution is 2.36. The third kappa shape index (κ3) is 5.55. The first kappa shape index (κ1) is 23.3. The smallest absolute Gasteiger partial charge is 0.295 e. The predicted molar refractivity (Wildman–Crippen MR) is 130 cm³/mol. The molecule has 4 rings (SSSR count). The number of aromatic nitrogens is 1. The number of thiazole rings is 1. The number of piperazine rings is 1. The van der Waals surface area contributed by atoms with Crippen LogP contribution in [0, 0.1) is 0 Å². The zero-order chi connectivity index (χ0) is 23.2. The Hall–Kier alpha value is -2.88. The van der Waals surface area contributed by atoms with Gasteiger partial charge in [0.1, 0.15) is 11.5 Å². The van der Waals surface area contributed by atoms with Gasteiger partial charge in [0.05, 0.1) is 26.2 Å². The Balaban J connectivity index is 1.54. The maximum atomic E-state index is 13.2. The minimum Gasteiger partial charge on any atom is -0.497 e. The van der Waals surface area contributed by atoms with Crippen LogP contribution >= 0.6 is 11.3 Å². The average Bonchev–Trinajstić information content (AvgIpc) is 3.55. The molecule has 0 N–H and O–H groups in total. The predicted octanol–water partition coefficient (Wildman–Crippen LogP) is 3.70. The van der Waals surface area contributed by atoms with Crippen molar-refractivity contribution in [2.75, 3.05) is 65.4 Å². The molecule has 1 aliphatic heterocycles. The number of furan rings is 1. The van der Waals surface area contributed by atoms with E-state index in [9.17, 15) is 4.79 Å². The lowest BCUT2D eigenvalue weighted by Gasteiger charge is -2.32. The molecule has 1 aliphatic rings. The number of nitrogens with zero attached hydrogens (tertiary/aromatic N) is 4. The van der Waals surface area contributed by atoms with E-state index < -0.39 is 0 Å². The number of amides is 1. The molecule has 3 heterocycles. The summed E-state index contributed by atoms with van der Waals surface area (Å²) in [6.07, 6.45) is 2.37. The summed E-state index contributed by atoms with van der Waals surface area (Å²) in [5.41, 5.74) is 1.56. The van der Waals surface area contributed by atoms with Crippen LogP contribution in [0.3, 0.4) is 0 Å². The molecule has 0 radical (unpaired) electrons. The summed E-state index contributed by atoms with van der Waals surface area (Å²) >= 11 is 1.43. The summed E-state index contributed by atoms with van der Waals surface area (Å²) in [6, 6.07) is 9.01. The molecule has 0 aliphatic carbocycles. The SMILES string of the molecule is COc1ccc(OC)c(-c2csc(N(CCCN3CCN(C)CC3)C(=O)c3ccco3)n2)c1. The molecule has 8 nitrogen and oxygen atoms in total. The molecule has 1 saturated heterocycles. The van der Waals surface area contributed by atoms with E-state index in [1.807, 2.05) is 23.6 Å². The Labute approximate surface area is 198 Å². The van der Waals surface area contributed by atoms with Crippen molar-refractivity contribution < 1.29 is 18.7 Å². The van der Waals surface area contributed by atoms with Crippen molar-refractivity contribution >= 4 is 22.4 Å². The lowest BCUT2D eigenvalue weighted by Crippen LogP contribution is -2.45. The second kappa shape index (κ2) is 10.8. The van der Waals surface area contributed by atoms with Gasteiger partial charge in [0.2, 0.25) is 0 Å². The van der Waals surface area contributed by atoms with Gasteiger partial charge in [0.15, 0.2) is 10.9 Å². The quantitative estimate of drug-likeness (QED) is 0.472. The van der Waals surface area contributed by atoms with Gasteiger partial charge in [-0.3, -0.25) is 9.69 Å². The third-order valence-corrected chi connectivity index (χ3v) is 6.70. The van der Waals surface area contributed by atoms with Crippen LogP contribution < -0.4 is 14.4 Å². The average molecular weight is 471 g/mol. The first-order valence-electron chi connectivity index (χ1n) is 11.0. The highest BCUT2D eigenvalue weighted by atomic mass is 32.1. The molecule has 1 amide bonds. The second-order valence-electron chi connectivity index (χ2n) is 8.01. The van der Waals surface area contributed by atoms with E-state index in [4.69, 9.17) is 18.9 Å². The highest BCUT2D eigenvalue weighted by molar-refractivity contribution is 7.14. The molecule has 0 spiro atoms. The normalized spacial score (nSPS) is 14.9. The van der Waals surface area contributed by atoms with Crippen LogP contribution in [0.1, 0.15) is 17.0 Å². The van der Waals surface area contributed by atoms with Crippen molar-refractivity contribution in [3.63, 3.8) is 0 Å². The minimum absolute atomic E-state index is 0.183. The molecular formula is C24H30N4O4S. The summed E-state index contributed by atoms with van der Waals surface area (Å²) < 4.78 is 16.3. The molecule has 176 valence electrons. The van der Waals surface area contributed by atoms with Crippen molar-refractivity contribution in [2.24, 2.45) is 0 Å². The standard InChI is InChI=1S/C24H30N4O4S/c1-26-11-13-27(14-12-26)9-5-10-28(23(29)22-6-4-15-32-22)24-25-20(17-33-24)19-16-18(30-2)7-8-21(19)31-3/h4,6-8,15-17H,5,9-14H2,1-3H3. The number of methoxy groups -OCH3 is 2. The van der Waals surface area contributed by atoms with Crippen molar-refractivity contribution in [3.8, 4) is 22.8 Å². The topological polar surface area (TPSA) is 71.3 Å². The van der Waals surface area contributed by atoms with Crippen LogP contribution in [0.15, 0.2) is 46.4 Å². The van der Waals surface area contributed by atoms with Gasteiger partial charge in [-0.1, -0.05) is 0 Å². The van der Waals surface area contributed by atoms with E-state index in [1.165, 1.54) is 17.6 Å². The Kier molecular flexibility index (Phi) is 7.64. The van der Waals surface area contributed by atoms with Gasteiger partial charge in [0, 0.05) is 43.7 Å². The maximum Gasteiger partial charge on any atom is 0.295 e. The second-order valence-corrected chi connectivity index (χ2v) is 8.85. The summed E-state index contributed by atoms with van der Waals surface area (Å²) in [4.78, 5) is 24.5. The van der Waals surface area contributed by atoms with Crippen molar-refractivity contribution in [3.05, 3.63) is 47.7 Å². The molecule has 1 aromatic carbocycles. The summed E-state index contributed by atoms with van der Waals surface area (Å²) in [5.74, 6) is 1.55. The molecule has 0 bridgehead atoms. The zero-order valence-corrected chi connectivity index (χ0v) is 20.1. The van der Waals surface area contributed by atoms with E-state index in [-0.39, 0.29) is 5.91 Å². The molecular weight excluding hydrogens is 440 g/mol. The molecule has 9 heteroatoms. The summed E-state index contributed by atoms with van der Waals surface area (Å²) in [6.45, 7) is 5.77. The lowest BCUT2D eigenvalue weighted by molar-refractivity contribution is 0.0957. The van der Waals surface area contributed by atoms with Gasteiger partial charge in [-0.15, -0.1) is 11.3 Å². The van der Waals surface area contributed by atoms with Gasteiger partial charge in [-0.25, -0.2) is 4.98 Å². The fourth-order valence-corrected chi connectivity index (χ4v) is 4.72. The first-order valence-corrected chi connectivity index (χ1v) is 11.9. The Morgan fingerprint density at radius 2 is 2.00 bits per heavy atom. The minimum atomic E-state index is -0.183. The van der Waals surface area contributed by atoms with Crippen LogP contribution in [-0.2, 0) is 0 Å². The molecule has 3 aromatic rings. The van der Waals surface area contributed by atoms with Crippen LogP contribution in [0.5, 0.6) is 11.5 Å². The molecule has 1 fully saturated rings. The number of hydrogen-bond donors (Lipinski definition) is 0. The van der Waals surface area contributed by atoms with Crippen molar-refractivity contribution in [1.82, 2.24) is 14.8 Å². The maximum absolute atomic E-state index is 13.2.